The van der Waals surface area contributed by atoms with E-state index in [1.807, 2.05) is 36.4 Å². The van der Waals surface area contributed by atoms with Crippen LogP contribution in [0.4, 0.5) is 0 Å². The first-order valence-corrected chi connectivity index (χ1v) is 16.1. The highest BCUT2D eigenvalue weighted by atomic mass is 16.3. The molecule has 0 amide bonds. The summed E-state index contributed by atoms with van der Waals surface area (Å²) >= 11 is 0. The Morgan fingerprint density at radius 1 is 0.553 bits per heavy atom. The summed E-state index contributed by atoms with van der Waals surface area (Å²) in [5.74, 6) is 0.665. The Kier molecular flexibility index (Phi) is 5.31. The van der Waals surface area contributed by atoms with Crippen molar-refractivity contribution in [2.45, 2.75) is 19.3 Å². The fraction of sp³-hybridized carbons (Fsp3) is 0.0698. The maximum absolute atomic E-state index is 6.41. The number of benzene rings is 6. The molecule has 0 aliphatic heterocycles. The van der Waals surface area contributed by atoms with E-state index in [1.54, 1.807) is 0 Å². The molecule has 4 heteroatoms. The fourth-order valence-corrected chi connectivity index (χ4v) is 7.78. The molecule has 0 saturated carbocycles. The number of aromatic nitrogens is 3. The third kappa shape index (κ3) is 3.64. The molecule has 0 unspecified atom stereocenters. The molecule has 47 heavy (non-hydrogen) atoms. The Labute approximate surface area is 271 Å². The summed E-state index contributed by atoms with van der Waals surface area (Å²) in [7, 11) is 0. The lowest BCUT2D eigenvalue weighted by molar-refractivity contribution is 0.661. The van der Waals surface area contributed by atoms with E-state index in [2.05, 4.69) is 122 Å². The van der Waals surface area contributed by atoms with Gasteiger partial charge in [-0.2, -0.15) is 0 Å². The Morgan fingerprint density at radius 3 is 2.13 bits per heavy atom. The van der Waals surface area contributed by atoms with E-state index in [4.69, 9.17) is 14.4 Å². The molecular weight excluding hydrogens is 574 g/mol. The first-order chi connectivity index (χ1) is 23.1. The predicted molar refractivity (Wildman–Crippen MR) is 192 cm³/mol. The Balaban J connectivity index is 1.28. The van der Waals surface area contributed by atoms with E-state index in [0.29, 0.717) is 11.4 Å². The summed E-state index contributed by atoms with van der Waals surface area (Å²) in [6.07, 6.45) is 0. The smallest absolute Gasteiger partial charge is 0.180 e. The van der Waals surface area contributed by atoms with Crippen molar-refractivity contribution in [3.8, 4) is 39.5 Å². The predicted octanol–water partition coefficient (Wildman–Crippen LogP) is 11.1. The van der Waals surface area contributed by atoms with Crippen LogP contribution in [0.15, 0.2) is 144 Å². The second kappa shape index (κ2) is 9.51. The van der Waals surface area contributed by atoms with Crippen LogP contribution in [0.25, 0.3) is 83.3 Å². The number of para-hydroxylation sites is 3. The molecule has 9 aromatic rings. The highest BCUT2D eigenvalue weighted by Crippen LogP contribution is 2.51. The second-order valence-electron chi connectivity index (χ2n) is 13.0. The van der Waals surface area contributed by atoms with Crippen LogP contribution in [-0.4, -0.2) is 14.5 Å². The number of nitrogens with zero attached hydrogens (tertiary/aromatic N) is 3. The van der Waals surface area contributed by atoms with Gasteiger partial charge in [-0.3, -0.25) is 0 Å². The number of hydrogen-bond acceptors (Lipinski definition) is 3. The summed E-state index contributed by atoms with van der Waals surface area (Å²) in [6, 6.07) is 49.3. The van der Waals surface area contributed by atoms with E-state index in [0.717, 1.165) is 44.5 Å². The lowest BCUT2D eigenvalue weighted by Gasteiger charge is -2.22. The zero-order valence-electron chi connectivity index (χ0n) is 26.0. The maximum Gasteiger partial charge on any atom is 0.180 e. The third-order valence-corrected chi connectivity index (χ3v) is 10.0. The van der Waals surface area contributed by atoms with Crippen molar-refractivity contribution in [2.24, 2.45) is 0 Å². The quantitative estimate of drug-likeness (QED) is 0.202. The molecule has 3 heterocycles. The van der Waals surface area contributed by atoms with Crippen LogP contribution in [0.5, 0.6) is 0 Å². The lowest BCUT2D eigenvalue weighted by Crippen LogP contribution is -2.15. The highest BCUT2D eigenvalue weighted by Gasteiger charge is 2.36. The van der Waals surface area contributed by atoms with Crippen LogP contribution in [0, 0.1) is 0 Å². The zero-order chi connectivity index (χ0) is 31.3. The molecule has 0 radical (unpaired) electrons. The molecule has 0 N–H and O–H groups in total. The van der Waals surface area contributed by atoms with E-state index in [1.165, 1.54) is 38.5 Å². The number of fused-ring (bicyclic) bond motifs is 9. The standard InChI is InChI=1S/C43H29N3O/c1-43(2)33-20-10-6-16-27(33)31-24-32-28-17-7-11-21-35(28)46(37(32)25-34(31)43)36-22-12-8-18-29(36)42-44-39(26-14-4-3-5-15-26)41-40(45-42)30-19-9-13-23-38(30)47-41/h3-25H,1-2H3. The molecule has 1 aliphatic rings. The largest absolute Gasteiger partial charge is 0.452 e. The van der Waals surface area contributed by atoms with Gasteiger partial charge in [-0.15, -0.1) is 0 Å². The first kappa shape index (κ1) is 26.2. The maximum atomic E-state index is 6.41. The van der Waals surface area contributed by atoms with Crippen LogP contribution in [0.1, 0.15) is 25.0 Å². The van der Waals surface area contributed by atoms with Gasteiger partial charge in [0.1, 0.15) is 16.8 Å². The molecule has 0 bridgehead atoms. The van der Waals surface area contributed by atoms with Crippen molar-refractivity contribution >= 4 is 43.9 Å². The van der Waals surface area contributed by atoms with Crippen LogP contribution < -0.4 is 0 Å². The summed E-state index contributed by atoms with van der Waals surface area (Å²) in [6.45, 7) is 4.68. The van der Waals surface area contributed by atoms with E-state index in [-0.39, 0.29) is 5.41 Å². The fourth-order valence-electron chi connectivity index (χ4n) is 7.78. The van der Waals surface area contributed by atoms with Gasteiger partial charge in [0.05, 0.1) is 16.7 Å². The minimum absolute atomic E-state index is 0.109. The second-order valence-corrected chi connectivity index (χ2v) is 13.0. The molecule has 0 saturated heterocycles. The van der Waals surface area contributed by atoms with Crippen LogP contribution in [-0.2, 0) is 5.41 Å². The molecule has 0 fully saturated rings. The van der Waals surface area contributed by atoms with Crippen LogP contribution >= 0.6 is 0 Å². The summed E-state index contributed by atoms with van der Waals surface area (Å²) in [5, 5.41) is 3.45. The molecular formula is C43H29N3O. The minimum Gasteiger partial charge on any atom is -0.452 e. The summed E-state index contributed by atoms with van der Waals surface area (Å²) < 4.78 is 8.81. The SMILES string of the molecule is CC1(C)c2ccccc2-c2cc3c4ccccc4n(-c4ccccc4-c4nc(-c5ccccc5)c5oc6ccccc6c5n4)c3cc21. The zero-order valence-corrected chi connectivity index (χ0v) is 26.0. The van der Waals surface area contributed by atoms with Crippen molar-refractivity contribution in [2.75, 3.05) is 0 Å². The number of rotatable bonds is 3. The van der Waals surface area contributed by atoms with Gasteiger partial charge in [-0.1, -0.05) is 111 Å². The van der Waals surface area contributed by atoms with E-state index in [9.17, 15) is 0 Å². The lowest BCUT2D eigenvalue weighted by atomic mass is 9.82. The van der Waals surface area contributed by atoms with Crippen molar-refractivity contribution < 1.29 is 4.42 Å². The summed E-state index contributed by atoms with van der Waals surface area (Å²) in [4.78, 5) is 10.5. The van der Waals surface area contributed by atoms with E-state index >= 15 is 0 Å². The molecule has 10 rings (SSSR count). The Hall–Kier alpha value is -6.00. The normalized spacial score (nSPS) is 13.5. The number of furan rings is 1. The van der Waals surface area contributed by atoms with Gasteiger partial charge in [-0.25, -0.2) is 9.97 Å². The third-order valence-electron chi connectivity index (χ3n) is 10.0. The van der Waals surface area contributed by atoms with Gasteiger partial charge < -0.3 is 8.98 Å². The average molecular weight is 604 g/mol. The Morgan fingerprint density at radius 2 is 1.26 bits per heavy atom. The van der Waals surface area contributed by atoms with Crippen LogP contribution in [0.3, 0.4) is 0 Å². The van der Waals surface area contributed by atoms with Gasteiger partial charge in [0.25, 0.3) is 0 Å². The molecule has 6 aromatic carbocycles. The van der Waals surface area contributed by atoms with Crippen molar-refractivity contribution in [1.82, 2.24) is 14.5 Å². The molecule has 222 valence electrons. The molecule has 0 spiro atoms. The van der Waals surface area contributed by atoms with Gasteiger partial charge in [0.15, 0.2) is 11.4 Å². The number of hydrogen-bond donors (Lipinski definition) is 0. The van der Waals surface area contributed by atoms with E-state index < -0.39 is 0 Å². The molecule has 0 atom stereocenters. The van der Waals surface area contributed by atoms with Crippen molar-refractivity contribution in [1.29, 1.82) is 0 Å². The summed E-state index contributed by atoms with van der Waals surface area (Å²) in [5.41, 5.74) is 13.7. The van der Waals surface area contributed by atoms with Gasteiger partial charge in [0.2, 0.25) is 0 Å². The Bertz CT molecular complexity index is 2710. The highest BCUT2D eigenvalue weighted by molar-refractivity contribution is 6.12. The first-order valence-electron chi connectivity index (χ1n) is 16.1. The van der Waals surface area contributed by atoms with Crippen molar-refractivity contribution in [3.05, 3.63) is 151 Å². The molecule has 1 aliphatic carbocycles. The topological polar surface area (TPSA) is 43.9 Å². The average Bonchev–Trinajstić information content (AvgIpc) is 3.73. The minimum atomic E-state index is -0.109. The molecule has 4 nitrogen and oxygen atoms in total. The van der Waals surface area contributed by atoms with Gasteiger partial charge >= 0.3 is 0 Å². The van der Waals surface area contributed by atoms with Gasteiger partial charge in [-0.05, 0) is 64.7 Å². The monoisotopic (exact) mass is 603 g/mol. The van der Waals surface area contributed by atoms with Crippen LogP contribution in [0.2, 0.25) is 0 Å². The van der Waals surface area contributed by atoms with Crippen molar-refractivity contribution in [3.63, 3.8) is 0 Å². The van der Waals surface area contributed by atoms with Gasteiger partial charge in [0, 0.05) is 32.7 Å². The molecule has 3 aromatic heterocycles.